The van der Waals surface area contributed by atoms with Gasteiger partial charge in [-0.05, 0) is 6.42 Å². The molecule has 2 N–H and O–H groups in total. The van der Waals surface area contributed by atoms with Crippen LogP contribution in [0.15, 0.2) is 0 Å². The van der Waals surface area contributed by atoms with Crippen LogP contribution in [-0.4, -0.2) is 41.8 Å². The van der Waals surface area contributed by atoms with Crippen LogP contribution in [-0.2, 0) is 19.1 Å². The van der Waals surface area contributed by atoms with Gasteiger partial charge in [-0.3, -0.25) is 14.4 Å². The number of halogens is 3. The fourth-order valence-electron chi connectivity index (χ4n) is 1.58. The number of carbonyl (C=O) groups excluding carboxylic acids is 2. The van der Waals surface area contributed by atoms with Gasteiger partial charge in [0, 0.05) is 0 Å². The lowest BCUT2D eigenvalue weighted by Gasteiger charge is -2.19. The van der Waals surface area contributed by atoms with E-state index in [1.54, 1.807) is 5.32 Å². The summed E-state index contributed by atoms with van der Waals surface area (Å²) in [4.78, 5) is 32.4. The summed E-state index contributed by atoms with van der Waals surface area (Å²) in [6.45, 7) is 1.50. The minimum Gasteiger partial charge on any atom is -0.481 e. The zero-order chi connectivity index (χ0) is 17.2. The van der Waals surface area contributed by atoms with Crippen molar-refractivity contribution in [3.8, 4) is 0 Å². The maximum atomic E-state index is 12.2. The van der Waals surface area contributed by atoms with Crippen molar-refractivity contribution in [3.05, 3.63) is 0 Å². The summed E-state index contributed by atoms with van der Waals surface area (Å²) in [7, 11) is 0. The summed E-state index contributed by atoms with van der Waals surface area (Å²) in [6.07, 6.45) is -3.37. The average Bonchev–Trinajstić information content (AvgIpc) is 2.41. The molecule has 0 aromatic rings. The van der Waals surface area contributed by atoms with Crippen molar-refractivity contribution >= 4 is 17.8 Å². The summed E-state index contributed by atoms with van der Waals surface area (Å²) in [5.41, 5.74) is 0. The number of esters is 1. The van der Waals surface area contributed by atoms with Gasteiger partial charge in [0.1, 0.15) is 6.61 Å². The van der Waals surface area contributed by atoms with E-state index in [1.807, 2.05) is 6.92 Å². The van der Waals surface area contributed by atoms with Crippen LogP contribution >= 0.6 is 0 Å². The van der Waals surface area contributed by atoms with Gasteiger partial charge in [-0.2, -0.15) is 13.2 Å². The van der Waals surface area contributed by atoms with Crippen molar-refractivity contribution in [2.75, 3.05) is 6.61 Å². The van der Waals surface area contributed by atoms with Crippen LogP contribution in [0.2, 0.25) is 0 Å². The number of carboxylic acids is 1. The molecule has 0 aliphatic heterocycles. The van der Waals surface area contributed by atoms with E-state index < -0.39 is 43.1 Å². The molecule has 1 amide bonds. The van der Waals surface area contributed by atoms with Crippen LogP contribution in [0.3, 0.4) is 0 Å². The number of hydrogen-bond donors (Lipinski definition) is 2. The quantitative estimate of drug-likeness (QED) is 0.473. The second-order valence-corrected chi connectivity index (χ2v) is 4.74. The average molecular weight is 327 g/mol. The van der Waals surface area contributed by atoms with Crippen LogP contribution in [0.25, 0.3) is 0 Å². The number of carboxylic acid groups (broad SMARTS) is 1. The number of carbonyl (C=O) groups is 3. The number of amides is 1. The molecule has 1 atom stereocenters. The molecular weight excluding hydrogens is 307 g/mol. The van der Waals surface area contributed by atoms with E-state index in [9.17, 15) is 27.6 Å². The zero-order valence-electron chi connectivity index (χ0n) is 12.2. The topological polar surface area (TPSA) is 92.7 Å². The molecule has 22 heavy (non-hydrogen) atoms. The molecule has 9 heteroatoms. The fourth-order valence-corrected chi connectivity index (χ4v) is 1.58. The Morgan fingerprint density at radius 2 is 1.82 bits per heavy atom. The Labute approximate surface area is 126 Å². The van der Waals surface area contributed by atoms with E-state index in [0.29, 0.717) is 6.42 Å². The van der Waals surface area contributed by atoms with E-state index in [0.717, 1.165) is 12.8 Å². The van der Waals surface area contributed by atoms with Gasteiger partial charge in [0.2, 0.25) is 0 Å². The molecule has 128 valence electrons. The van der Waals surface area contributed by atoms with Gasteiger partial charge in [0.15, 0.2) is 0 Å². The first-order valence-electron chi connectivity index (χ1n) is 6.92. The van der Waals surface area contributed by atoms with Crippen LogP contribution in [0.5, 0.6) is 0 Å². The Bertz CT molecular complexity index is 384. The molecule has 0 rings (SSSR count). The standard InChI is InChI=1S/C13H20F3NO5/c1-2-3-4-5-9(17-12(21)13(14,15)16)8-22-11(20)7-6-10(18)19/h9H,2-8H2,1H3,(H,17,21)(H,18,19)/t9-/m0/s1. The molecule has 0 bridgehead atoms. The first-order chi connectivity index (χ1) is 10.2. The third-order valence-corrected chi connectivity index (χ3v) is 2.74. The second-order valence-electron chi connectivity index (χ2n) is 4.74. The molecule has 0 saturated carbocycles. The van der Waals surface area contributed by atoms with Crippen molar-refractivity contribution in [2.24, 2.45) is 0 Å². The highest BCUT2D eigenvalue weighted by atomic mass is 19.4. The summed E-state index contributed by atoms with van der Waals surface area (Å²) >= 11 is 0. The molecule has 0 aromatic heterocycles. The van der Waals surface area contributed by atoms with E-state index in [4.69, 9.17) is 9.84 Å². The highest BCUT2D eigenvalue weighted by molar-refractivity contribution is 5.82. The molecule has 0 fully saturated rings. The lowest BCUT2D eigenvalue weighted by molar-refractivity contribution is -0.175. The first kappa shape index (κ1) is 20.2. The predicted octanol–water partition coefficient (Wildman–Crippen LogP) is 2.02. The molecule has 0 aliphatic carbocycles. The molecule has 0 heterocycles. The molecule has 6 nitrogen and oxygen atoms in total. The number of aliphatic carboxylic acids is 1. The Morgan fingerprint density at radius 3 is 2.32 bits per heavy atom. The summed E-state index contributed by atoms with van der Waals surface area (Å²) in [5.74, 6) is -4.10. The maximum absolute atomic E-state index is 12.2. The SMILES string of the molecule is CCCCC[C@@H](COC(=O)CCC(=O)O)NC(=O)C(F)(F)F. The van der Waals surface area contributed by atoms with Crippen molar-refractivity contribution < 1.29 is 37.4 Å². The van der Waals surface area contributed by atoms with Crippen molar-refractivity contribution in [1.29, 1.82) is 0 Å². The smallest absolute Gasteiger partial charge is 0.471 e. The maximum Gasteiger partial charge on any atom is 0.471 e. The fraction of sp³-hybridized carbons (Fsp3) is 0.769. The third-order valence-electron chi connectivity index (χ3n) is 2.74. The molecule has 0 aromatic carbocycles. The summed E-state index contributed by atoms with van der Waals surface area (Å²) < 4.78 is 41.4. The van der Waals surface area contributed by atoms with Crippen LogP contribution in [0.1, 0.15) is 45.4 Å². The van der Waals surface area contributed by atoms with Crippen molar-refractivity contribution in [1.82, 2.24) is 5.32 Å². The summed E-state index contributed by atoms with van der Waals surface area (Å²) in [5, 5.41) is 10.2. The van der Waals surface area contributed by atoms with Gasteiger partial charge in [-0.1, -0.05) is 26.2 Å². The molecule has 0 radical (unpaired) electrons. The van der Waals surface area contributed by atoms with Crippen LogP contribution < -0.4 is 5.32 Å². The highest BCUT2D eigenvalue weighted by Gasteiger charge is 2.39. The van der Waals surface area contributed by atoms with Gasteiger partial charge in [0.25, 0.3) is 0 Å². The Hall–Kier alpha value is -1.80. The van der Waals surface area contributed by atoms with Crippen LogP contribution in [0, 0.1) is 0 Å². The second kappa shape index (κ2) is 10.0. The predicted molar refractivity (Wildman–Crippen MR) is 70.0 cm³/mol. The summed E-state index contributed by atoms with van der Waals surface area (Å²) in [6, 6.07) is -0.950. The number of nitrogens with one attached hydrogen (secondary N) is 1. The molecule has 0 unspecified atom stereocenters. The lowest BCUT2D eigenvalue weighted by atomic mass is 10.1. The normalized spacial score (nSPS) is 12.5. The van der Waals surface area contributed by atoms with E-state index in [-0.39, 0.29) is 12.8 Å². The van der Waals surface area contributed by atoms with Gasteiger partial charge < -0.3 is 15.2 Å². The molecule has 0 aliphatic rings. The van der Waals surface area contributed by atoms with Gasteiger partial charge in [-0.25, -0.2) is 0 Å². The first-order valence-corrected chi connectivity index (χ1v) is 6.92. The Morgan fingerprint density at radius 1 is 1.18 bits per heavy atom. The number of hydrogen-bond acceptors (Lipinski definition) is 4. The number of unbranched alkanes of at least 4 members (excludes halogenated alkanes) is 2. The van der Waals surface area contributed by atoms with E-state index in [1.165, 1.54) is 0 Å². The Balaban J connectivity index is 4.37. The Kier molecular flexibility index (Phi) is 9.20. The van der Waals surface area contributed by atoms with Gasteiger partial charge in [0.05, 0.1) is 18.9 Å². The van der Waals surface area contributed by atoms with E-state index >= 15 is 0 Å². The molecule has 0 saturated heterocycles. The number of rotatable bonds is 10. The largest absolute Gasteiger partial charge is 0.481 e. The zero-order valence-corrected chi connectivity index (χ0v) is 12.2. The minimum absolute atomic E-state index is 0.238. The van der Waals surface area contributed by atoms with Crippen molar-refractivity contribution in [2.45, 2.75) is 57.7 Å². The van der Waals surface area contributed by atoms with Crippen LogP contribution in [0.4, 0.5) is 13.2 Å². The monoisotopic (exact) mass is 327 g/mol. The minimum atomic E-state index is -5.00. The van der Waals surface area contributed by atoms with Gasteiger partial charge >= 0.3 is 24.0 Å². The lowest BCUT2D eigenvalue weighted by Crippen LogP contribution is -2.45. The molecular formula is C13H20F3NO5. The molecule has 0 spiro atoms. The number of alkyl halides is 3. The van der Waals surface area contributed by atoms with Crippen molar-refractivity contribution in [3.63, 3.8) is 0 Å². The van der Waals surface area contributed by atoms with E-state index in [2.05, 4.69) is 0 Å². The highest BCUT2D eigenvalue weighted by Crippen LogP contribution is 2.15. The van der Waals surface area contributed by atoms with Gasteiger partial charge in [-0.15, -0.1) is 0 Å². The third kappa shape index (κ3) is 10.0. The number of ether oxygens (including phenoxy) is 1.